The molecule has 232 valence electrons. The predicted molar refractivity (Wildman–Crippen MR) is 163 cm³/mol. The summed E-state index contributed by atoms with van der Waals surface area (Å²) in [6.07, 6.45) is -0.183. The number of hydrogen-bond donors (Lipinski definition) is 1. The van der Waals surface area contributed by atoms with Crippen LogP contribution < -0.4 is 16.6 Å². The molecule has 0 spiro atoms. The van der Waals surface area contributed by atoms with Crippen LogP contribution in [0.3, 0.4) is 0 Å². The Morgan fingerprint density at radius 3 is 2.16 bits per heavy atom. The molecule has 4 rings (SSSR count). The Labute approximate surface area is 253 Å². The molecule has 0 bridgehead atoms. The van der Waals surface area contributed by atoms with Crippen LogP contribution in [0.4, 0.5) is 18.0 Å². The maximum atomic E-state index is 15.7. The van der Waals surface area contributed by atoms with Crippen LogP contribution in [0.2, 0.25) is 0 Å². The molecule has 0 fully saturated rings. The molecular weight excluding hydrogens is 571 g/mol. The summed E-state index contributed by atoms with van der Waals surface area (Å²) < 4.78 is 52.6. The van der Waals surface area contributed by atoms with Crippen molar-refractivity contribution in [3.05, 3.63) is 127 Å². The average Bonchev–Trinajstić information content (AvgIpc) is 2.95. The van der Waals surface area contributed by atoms with Gasteiger partial charge in [-0.25, -0.2) is 22.8 Å². The van der Waals surface area contributed by atoms with E-state index in [0.717, 1.165) is 26.8 Å². The second kappa shape index (κ2) is 13.4. The maximum absolute atomic E-state index is 15.7. The molecule has 0 radical (unpaired) electrons. The lowest BCUT2D eigenvalue weighted by Crippen LogP contribution is -2.49. The fraction of sp³-hybridized carbons (Fsp3) is 0.324. The quantitative estimate of drug-likeness (QED) is 0.248. The SMILES string of the molecule is CCc1cccc(-c2c(C)n(Cc3c(F)cccc3F)c(=O)n(C[C@H](Cc3ccccc3)NC(=O)OC(C)(C)C)c2=O)c1F. The first-order valence-corrected chi connectivity index (χ1v) is 14.4. The van der Waals surface area contributed by atoms with Crippen molar-refractivity contribution in [2.75, 3.05) is 0 Å². The highest BCUT2D eigenvalue weighted by Gasteiger charge is 2.26. The summed E-state index contributed by atoms with van der Waals surface area (Å²) in [6.45, 7) is 7.45. The topological polar surface area (TPSA) is 82.3 Å². The monoisotopic (exact) mass is 607 g/mol. The third-order valence-electron chi connectivity index (χ3n) is 7.24. The van der Waals surface area contributed by atoms with E-state index < -0.39 is 53.0 Å². The van der Waals surface area contributed by atoms with Crippen LogP contribution in [0, 0.1) is 24.4 Å². The molecule has 1 aromatic heterocycles. The molecule has 0 aliphatic heterocycles. The van der Waals surface area contributed by atoms with Crippen LogP contribution in [0.5, 0.6) is 0 Å². The summed E-state index contributed by atoms with van der Waals surface area (Å²) in [5.74, 6) is -2.37. The average molecular weight is 608 g/mol. The van der Waals surface area contributed by atoms with Gasteiger partial charge in [0.15, 0.2) is 0 Å². The van der Waals surface area contributed by atoms with Crippen LogP contribution in [0.25, 0.3) is 11.1 Å². The summed E-state index contributed by atoms with van der Waals surface area (Å²) in [7, 11) is 0. The summed E-state index contributed by atoms with van der Waals surface area (Å²) in [5, 5.41) is 2.75. The Balaban J connectivity index is 1.92. The van der Waals surface area contributed by atoms with Crippen LogP contribution >= 0.6 is 0 Å². The zero-order valence-electron chi connectivity index (χ0n) is 25.4. The van der Waals surface area contributed by atoms with E-state index in [-0.39, 0.29) is 35.3 Å². The number of benzene rings is 3. The highest BCUT2D eigenvalue weighted by Crippen LogP contribution is 2.26. The minimum absolute atomic E-state index is 0.0388. The largest absolute Gasteiger partial charge is 0.444 e. The number of amides is 1. The number of halogens is 3. The lowest BCUT2D eigenvalue weighted by Gasteiger charge is -2.25. The first-order valence-electron chi connectivity index (χ1n) is 14.4. The number of aromatic nitrogens is 2. The van der Waals surface area contributed by atoms with Crippen molar-refractivity contribution < 1.29 is 22.7 Å². The summed E-state index contributed by atoms with van der Waals surface area (Å²) in [5.41, 5.74) is -1.80. The molecule has 0 aliphatic carbocycles. The van der Waals surface area contributed by atoms with Gasteiger partial charge in [-0.2, -0.15) is 0 Å². The van der Waals surface area contributed by atoms with Crippen molar-refractivity contribution in [2.45, 2.75) is 72.2 Å². The third kappa shape index (κ3) is 7.30. The molecule has 4 aromatic rings. The van der Waals surface area contributed by atoms with E-state index in [0.29, 0.717) is 12.0 Å². The third-order valence-corrected chi connectivity index (χ3v) is 7.24. The highest BCUT2D eigenvalue weighted by molar-refractivity contribution is 5.68. The van der Waals surface area contributed by atoms with Crippen LogP contribution in [0.15, 0.2) is 76.3 Å². The number of rotatable bonds is 9. The Kier molecular flexibility index (Phi) is 9.81. The zero-order valence-corrected chi connectivity index (χ0v) is 25.4. The smallest absolute Gasteiger partial charge is 0.407 e. The molecule has 1 atom stereocenters. The van der Waals surface area contributed by atoms with Crippen molar-refractivity contribution in [3.63, 3.8) is 0 Å². The molecule has 1 heterocycles. The molecule has 0 saturated carbocycles. The van der Waals surface area contributed by atoms with Crippen LogP contribution in [-0.2, 0) is 30.7 Å². The predicted octanol–water partition coefficient (Wildman–Crippen LogP) is 6.15. The Morgan fingerprint density at radius 1 is 0.909 bits per heavy atom. The lowest BCUT2D eigenvalue weighted by molar-refractivity contribution is 0.0498. The summed E-state index contributed by atoms with van der Waals surface area (Å²) in [6, 6.07) is 16.3. The number of ether oxygens (including phenoxy) is 1. The maximum Gasteiger partial charge on any atom is 0.407 e. The first-order chi connectivity index (χ1) is 20.8. The van der Waals surface area contributed by atoms with Gasteiger partial charge in [0, 0.05) is 16.8 Å². The minimum Gasteiger partial charge on any atom is -0.444 e. The number of nitrogens with one attached hydrogen (secondary N) is 1. The van der Waals surface area contributed by atoms with Crippen molar-refractivity contribution >= 4 is 6.09 Å². The van der Waals surface area contributed by atoms with Gasteiger partial charge in [0.1, 0.15) is 23.1 Å². The van der Waals surface area contributed by atoms with E-state index >= 15 is 4.39 Å². The Hall–Kier alpha value is -4.60. The lowest BCUT2D eigenvalue weighted by atomic mass is 10.00. The number of nitrogens with zero attached hydrogens (tertiary/aromatic N) is 2. The van der Waals surface area contributed by atoms with Gasteiger partial charge in [-0.05, 0) is 63.8 Å². The molecule has 44 heavy (non-hydrogen) atoms. The molecule has 1 amide bonds. The molecule has 7 nitrogen and oxygen atoms in total. The molecule has 10 heteroatoms. The molecular formula is C34H36F3N3O4. The zero-order chi connectivity index (χ0) is 32.2. The normalized spacial score (nSPS) is 12.2. The second-order valence-electron chi connectivity index (χ2n) is 11.6. The van der Waals surface area contributed by atoms with E-state index in [1.54, 1.807) is 39.8 Å². The van der Waals surface area contributed by atoms with Gasteiger partial charge >= 0.3 is 11.8 Å². The number of alkyl carbamates (subject to hydrolysis) is 1. The minimum atomic E-state index is -0.872. The number of aryl methyl sites for hydroxylation is 1. The number of carbonyl (C=O) groups is 1. The standard InChI is InChI=1S/C34H36F3N3O4/c1-6-23-14-10-15-25(30(23)37)29-21(2)39(20-26-27(35)16-11-17-28(26)36)33(43)40(31(29)41)19-24(18-22-12-8-7-9-13-22)38-32(42)44-34(3,4)5/h7-17,24H,6,18-20H2,1-5H3,(H,38,42)/t24-/m0/s1. The van der Waals surface area contributed by atoms with Crippen LogP contribution in [-0.4, -0.2) is 26.9 Å². The Bertz CT molecular complexity index is 1760. The van der Waals surface area contributed by atoms with Crippen molar-refractivity contribution in [1.29, 1.82) is 0 Å². The fourth-order valence-corrected chi connectivity index (χ4v) is 5.10. The Morgan fingerprint density at radius 2 is 1.55 bits per heavy atom. The van der Waals surface area contributed by atoms with E-state index in [1.807, 2.05) is 30.3 Å². The molecule has 3 aromatic carbocycles. The fourth-order valence-electron chi connectivity index (χ4n) is 5.10. The van der Waals surface area contributed by atoms with E-state index in [2.05, 4.69) is 5.32 Å². The van der Waals surface area contributed by atoms with Gasteiger partial charge in [-0.3, -0.25) is 13.9 Å². The number of carbonyl (C=O) groups excluding carboxylic acids is 1. The van der Waals surface area contributed by atoms with Crippen molar-refractivity contribution in [1.82, 2.24) is 14.5 Å². The molecule has 0 aliphatic rings. The highest BCUT2D eigenvalue weighted by atomic mass is 19.1. The van der Waals surface area contributed by atoms with Gasteiger partial charge in [0.05, 0.1) is 24.7 Å². The van der Waals surface area contributed by atoms with Crippen LogP contribution in [0.1, 0.15) is 50.1 Å². The summed E-state index contributed by atoms with van der Waals surface area (Å²) in [4.78, 5) is 40.9. The second-order valence-corrected chi connectivity index (χ2v) is 11.6. The van der Waals surface area contributed by atoms with E-state index in [9.17, 15) is 23.2 Å². The van der Waals surface area contributed by atoms with Gasteiger partial charge in [-0.1, -0.05) is 61.5 Å². The van der Waals surface area contributed by atoms with Gasteiger partial charge in [0.2, 0.25) is 0 Å². The molecule has 0 saturated heterocycles. The van der Waals surface area contributed by atoms with Gasteiger partial charge < -0.3 is 10.1 Å². The summed E-state index contributed by atoms with van der Waals surface area (Å²) >= 11 is 0. The van der Waals surface area contributed by atoms with Gasteiger partial charge in [-0.15, -0.1) is 0 Å². The van der Waals surface area contributed by atoms with E-state index in [4.69, 9.17) is 4.74 Å². The molecule has 0 unspecified atom stereocenters. The van der Waals surface area contributed by atoms with Gasteiger partial charge in [0.25, 0.3) is 5.56 Å². The number of hydrogen-bond acceptors (Lipinski definition) is 4. The first kappa shape index (κ1) is 32.3. The van der Waals surface area contributed by atoms with Crippen molar-refractivity contribution in [3.8, 4) is 11.1 Å². The van der Waals surface area contributed by atoms with E-state index in [1.165, 1.54) is 19.1 Å². The molecule has 1 N–H and O–H groups in total. The van der Waals surface area contributed by atoms with Crippen molar-refractivity contribution in [2.24, 2.45) is 0 Å².